The van der Waals surface area contributed by atoms with Crippen LogP contribution in [0.25, 0.3) is 0 Å². The molecule has 1 unspecified atom stereocenters. The van der Waals surface area contributed by atoms with E-state index in [1.54, 1.807) is 12.1 Å². The summed E-state index contributed by atoms with van der Waals surface area (Å²) in [5, 5.41) is 11.0. The third-order valence-corrected chi connectivity index (χ3v) is 5.87. The van der Waals surface area contributed by atoms with E-state index in [0.717, 1.165) is 31.6 Å². The fraction of sp³-hybridized carbons (Fsp3) is 0.409. The highest BCUT2D eigenvalue weighted by Crippen LogP contribution is 2.25. The van der Waals surface area contributed by atoms with Crippen LogP contribution >= 0.6 is 0 Å². The van der Waals surface area contributed by atoms with Crippen molar-refractivity contribution in [2.75, 3.05) is 37.6 Å². The lowest BCUT2D eigenvalue weighted by molar-refractivity contribution is -0.384. The molecule has 0 aromatic heterocycles. The van der Waals surface area contributed by atoms with Crippen LogP contribution in [0.4, 0.5) is 11.4 Å². The van der Waals surface area contributed by atoms with Crippen molar-refractivity contribution < 1.29 is 9.72 Å². The molecule has 0 N–H and O–H groups in total. The second-order valence-corrected chi connectivity index (χ2v) is 7.70. The molecule has 7 heteroatoms. The molecule has 2 aliphatic heterocycles. The van der Waals surface area contributed by atoms with E-state index in [-0.39, 0.29) is 22.6 Å². The van der Waals surface area contributed by atoms with Gasteiger partial charge in [-0.2, -0.15) is 0 Å². The molecular weight excluding hydrogens is 368 g/mol. The maximum atomic E-state index is 13.2. The molecule has 0 spiro atoms. The molecule has 0 aliphatic carbocycles. The highest BCUT2D eigenvalue weighted by Gasteiger charge is 2.34. The Bertz CT molecular complexity index is 865. The molecular formula is C22H26N4O3. The number of nitro benzene ring substituents is 1. The Morgan fingerprint density at radius 3 is 2.48 bits per heavy atom. The van der Waals surface area contributed by atoms with Crippen LogP contribution in [0.5, 0.6) is 0 Å². The van der Waals surface area contributed by atoms with E-state index < -0.39 is 0 Å². The summed E-state index contributed by atoms with van der Waals surface area (Å²) < 4.78 is 0. The van der Waals surface area contributed by atoms with Crippen LogP contribution in [-0.4, -0.2) is 59.4 Å². The van der Waals surface area contributed by atoms with Crippen molar-refractivity contribution in [1.29, 1.82) is 0 Å². The number of hydrogen-bond donors (Lipinski definition) is 0. The van der Waals surface area contributed by atoms with Gasteiger partial charge in [0.05, 0.1) is 11.0 Å². The van der Waals surface area contributed by atoms with Gasteiger partial charge in [-0.1, -0.05) is 36.4 Å². The number of nitrogens with zero attached hydrogens (tertiary/aromatic N) is 4. The topological polar surface area (TPSA) is 69.9 Å². The summed E-state index contributed by atoms with van der Waals surface area (Å²) >= 11 is 0. The zero-order valence-electron chi connectivity index (χ0n) is 16.4. The van der Waals surface area contributed by atoms with E-state index in [1.165, 1.54) is 11.6 Å². The van der Waals surface area contributed by atoms with Gasteiger partial charge in [-0.05, 0) is 31.0 Å². The van der Waals surface area contributed by atoms with E-state index >= 15 is 0 Å². The van der Waals surface area contributed by atoms with Crippen LogP contribution in [0.15, 0.2) is 54.6 Å². The number of piperazine rings is 1. The molecule has 0 bridgehead atoms. The Labute approximate surface area is 170 Å². The first-order valence-electron chi connectivity index (χ1n) is 10.2. The quantitative estimate of drug-likeness (QED) is 0.576. The predicted octanol–water partition coefficient (Wildman–Crippen LogP) is 2.91. The second-order valence-electron chi connectivity index (χ2n) is 7.70. The van der Waals surface area contributed by atoms with Crippen LogP contribution in [0.2, 0.25) is 0 Å². The molecule has 1 atom stereocenters. The van der Waals surface area contributed by atoms with Crippen molar-refractivity contribution in [2.24, 2.45) is 0 Å². The van der Waals surface area contributed by atoms with Crippen LogP contribution in [0.3, 0.4) is 0 Å². The maximum absolute atomic E-state index is 13.2. The highest BCUT2D eigenvalue weighted by atomic mass is 16.6. The third kappa shape index (κ3) is 4.40. The zero-order valence-corrected chi connectivity index (χ0v) is 16.4. The molecule has 29 heavy (non-hydrogen) atoms. The first-order chi connectivity index (χ1) is 14.1. The first-order valence-corrected chi connectivity index (χ1v) is 10.2. The van der Waals surface area contributed by atoms with Crippen molar-refractivity contribution >= 4 is 17.3 Å². The Balaban J connectivity index is 1.36. The minimum absolute atomic E-state index is 0.0421. The Hall–Kier alpha value is -2.93. The van der Waals surface area contributed by atoms with Crippen LogP contribution in [-0.2, 0) is 11.3 Å². The fourth-order valence-corrected chi connectivity index (χ4v) is 4.31. The SMILES string of the molecule is O=C(C1CCCN1Cc1ccccc1)N1CCN(c2cccc([N+](=O)[O-])c2)CC1. The van der Waals surface area contributed by atoms with E-state index in [4.69, 9.17) is 0 Å². The van der Waals surface area contributed by atoms with Crippen LogP contribution < -0.4 is 4.90 Å². The number of likely N-dealkylation sites (tertiary alicyclic amines) is 1. The largest absolute Gasteiger partial charge is 0.368 e. The molecule has 1 amide bonds. The van der Waals surface area contributed by atoms with Gasteiger partial charge in [0.1, 0.15) is 0 Å². The number of carbonyl (C=O) groups is 1. The molecule has 0 radical (unpaired) electrons. The van der Waals surface area contributed by atoms with Crippen molar-refractivity contribution in [3.05, 3.63) is 70.3 Å². The minimum Gasteiger partial charge on any atom is -0.368 e. The number of carbonyl (C=O) groups excluding carboxylic acids is 1. The smallest absolute Gasteiger partial charge is 0.271 e. The molecule has 2 heterocycles. The van der Waals surface area contributed by atoms with Gasteiger partial charge in [-0.25, -0.2) is 0 Å². The molecule has 0 saturated carbocycles. The predicted molar refractivity (Wildman–Crippen MR) is 112 cm³/mol. The summed E-state index contributed by atoms with van der Waals surface area (Å²) in [4.78, 5) is 30.2. The minimum atomic E-state index is -0.370. The zero-order chi connectivity index (χ0) is 20.2. The number of hydrogen-bond acceptors (Lipinski definition) is 5. The maximum Gasteiger partial charge on any atom is 0.271 e. The van der Waals surface area contributed by atoms with Gasteiger partial charge in [-0.3, -0.25) is 19.8 Å². The Morgan fingerprint density at radius 1 is 1.00 bits per heavy atom. The second kappa shape index (κ2) is 8.61. The van der Waals surface area contributed by atoms with Crippen LogP contribution in [0.1, 0.15) is 18.4 Å². The lowest BCUT2D eigenvalue weighted by Crippen LogP contribution is -2.53. The van der Waals surface area contributed by atoms with Gasteiger partial charge >= 0.3 is 0 Å². The van der Waals surface area contributed by atoms with Gasteiger partial charge in [0.2, 0.25) is 5.91 Å². The summed E-state index contributed by atoms with van der Waals surface area (Å²) in [6, 6.07) is 17.0. The van der Waals surface area contributed by atoms with Gasteiger partial charge < -0.3 is 9.80 Å². The summed E-state index contributed by atoms with van der Waals surface area (Å²) in [5.41, 5.74) is 2.18. The molecule has 152 valence electrons. The van der Waals surface area contributed by atoms with E-state index in [9.17, 15) is 14.9 Å². The molecule has 2 aromatic carbocycles. The molecule has 7 nitrogen and oxygen atoms in total. The van der Waals surface area contributed by atoms with Crippen molar-refractivity contribution in [2.45, 2.75) is 25.4 Å². The molecule has 2 aliphatic rings. The van der Waals surface area contributed by atoms with Gasteiger partial charge in [0.15, 0.2) is 0 Å². The number of anilines is 1. The number of benzene rings is 2. The monoisotopic (exact) mass is 394 g/mol. The van der Waals surface area contributed by atoms with Gasteiger partial charge in [-0.15, -0.1) is 0 Å². The molecule has 2 fully saturated rings. The standard InChI is InChI=1S/C22H26N4O3/c27-22(21-10-5-11-25(21)17-18-6-2-1-3-7-18)24-14-12-23(13-15-24)19-8-4-9-20(16-19)26(28)29/h1-4,6-9,16,21H,5,10-15,17H2. The number of non-ortho nitro benzene ring substituents is 1. The van der Waals surface area contributed by atoms with Crippen molar-refractivity contribution in [3.63, 3.8) is 0 Å². The molecule has 2 aromatic rings. The van der Waals surface area contributed by atoms with Crippen molar-refractivity contribution in [3.8, 4) is 0 Å². The number of rotatable bonds is 5. The normalized spacial score (nSPS) is 20.1. The summed E-state index contributed by atoms with van der Waals surface area (Å²) in [5.74, 6) is 0.220. The van der Waals surface area contributed by atoms with Gasteiger partial charge in [0.25, 0.3) is 5.69 Å². The highest BCUT2D eigenvalue weighted by molar-refractivity contribution is 5.82. The molecule has 4 rings (SSSR count). The number of amides is 1. The van der Waals surface area contributed by atoms with Gasteiger partial charge in [0, 0.05) is 50.5 Å². The number of nitro groups is 1. The van der Waals surface area contributed by atoms with E-state index in [1.807, 2.05) is 29.2 Å². The summed E-state index contributed by atoms with van der Waals surface area (Å²) in [7, 11) is 0. The van der Waals surface area contributed by atoms with Crippen LogP contribution in [0, 0.1) is 10.1 Å². The lowest BCUT2D eigenvalue weighted by atomic mass is 10.1. The average molecular weight is 394 g/mol. The van der Waals surface area contributed by atoms with Crippen molar-refractivity contribution in [1.82, 2.24) is 9.80 Å². The van der Waals surface area contributed by atoms with E-state index in [2.05, 4.69) is 21.9 Å². The molecule has 2 saturated heterocycles. The third-order valence-electron chi connectivity index (χ3n) is 5.87. The Kier molecular flexibility index (Phi) is 5.76. The first kappa shape index (κ1) is 19.4. The lowest BCUT2D eigenvalue weighted by Gasteiger charge is -2.38. The fourth-order valence-electron chi connectivity index (χ4n) is 4.31. The summed E-state index contributed by atoms with van der Waals surface area (Å²) in [6.07, 6.45) is 1.97. The van der Waals surface area contributed by atoms with E-state index in [0.29, 0.717) is 26.2 Å². The Morgan fingerprint density at radius 2 is 1.76 bits per heavy atom. The summed E-state index contributed by atoms with van der Waals surface area (Å²) in [6.45, 7) is 4.45. The average Bonchev–Trinajstić information content (AvgIpc) is 3.22.